The van der Waals surface area contributed by atoms with E-state index in [1.165, 1.54) is 31.5 Å². The lowest BCUT2D eigenvalue weighted by Gasteiger charge is -2.30. The standard InChI is InChI=1S/C12H20ClN3/c1-9-5-4-6-16(7-9)8-11-10(2)14-15(3)12(11)13/h9H,4-8H2,1-3H3. The number of aryl methyl sites for hydroxylation is 2. The molecule has 2 heterocycles. The van der Waals surface area contributed by atoms with E-state index in [9.17, 15) is 0 Å². The quantitative estimate of drug-likeness (QED) is 0.794. The van der Waals surface area contributed by atoms with E-state index in [1.54, 1.807) is 4.68 Å². The maximum Gasteiger partial charge on any atom is 0.131 e. The number of likely N-dealkylation sites (tertiary alicyclic amines) is 1. The van der Waals surface area contributed by atoms with E-state index in [4.69, 9.17) is 11.6 Å². The van der Waals surface area contributed by atoms with Gasteiger partial charge in [-0.25, -0.2) is 0 Å². The molecule has 1 aliphatic heterocycles. The summed E-state index contributed by atoms with van der Waals surface area (Å²) in [6.07, 6.45) is 2.66. The van der Waals surface area contributed by atoms with E-state index < -0.39 is 0 Å². The molecule has 1 aromatic rings. The Morgan fingerprint density at radius 2 is 2.25 bits per heavy atom. The van der Waals surface area contributed by atoms with E-state index in [0.717, 1.165) is 23.3 Å². The summed E-state index contributed by atoms with van der Waals surface area (Å²) in [7, 11) is 1.90. The minimum atomic E-state index is 0.788. The summed E-state index contributed by atoms with van der Waals surface area (Å²) in [6, 6.07) is 0. The van der Waals surface area contributed by atoms with Crippen LogP contribution in [0.1, 0.15) is 31.0 Å². The molecule has 0 radical (unpaired) electrons. The second kappa shape index (κ2) is 4.76. The van der Waals surface area contributed by atoms with Crippen LogP contribution in [0.2, 0.25) is 5.15 Å². The first-order valence-electron chi connectivity index (χ1n) is 5.98. The molecule has 3 nitrogen and oxygen atoms in total. The summed E-state index contributed by atoms with van der Waals surface area (Å²) >= 11 is 6.24. The fourth-order valence-corrected chi connectivity index (χ4v) is 2.74. The zero-order valence-electron chi connectivity index (χ0n) is 10.3. The van der Waals surface area contributed by atoms with Crippen molar-refractivity contribution in [2.75, 3.05) is 13.1 Å². The lowest BCUT2D eigenvalue weighted by Crippen LogP contribution is -2.33. The first-order valence-corrected chi connectivity index (χ1v) is 6.36. The van der Waals surface area contributed by atoms with E-state index >= 15 is 0 Å². The number of hydrogen-bond donors (Lipinski definition) is 0. The first kappa shape index (κ1) is 11.9. The molecule has 0 bridgehead atoms. The lowest BCUT2D eigenvalue weighted by atomic mass is 10.00. The van der Waals surface area contributed by atoms with Gasteiger partial charge in [-0.3, -0.25) is 9.58 Å². The molecule has 0 N–H and O–H groups in total. The molecule has 0 spiro atoms. The smallest absolute Gasteiger partial charge is 0.131 e. The predicted molar refractivity (Wildman–Crippen MR) is 66.6 cm³/mol. The Bertz CT molecular complexity index is 373. The molecule has 16 heavy (non-hydrogen) atoms. The Hall–Kier alpha value is -0.540. The second-order valence-electron chi connectivity index (χ2n) is 4.96. The highest BCUT2D eigenvalue weighted by Gasteiger charge is 2.19. The van der Waals surface area contributed by atoms with Gasteiger partial charge in [-0.15, -0.1) is 0 Å². The van der Waals surface area contributed by atoms with Crippen molar-refractivity contribution in [1.82, 2.24) is 14.7 Å². The van der Waals surface area contributed by atoms with Crippen LogP contribution in [0, 0.1) is 12.8 Å². The third kappa shape index (κ3) is 2.41. The summed E-state index contributed by atoms with van der Waals surface area (Å²) in [5.74, 6) is 0.810. The molecule has 0 aliphatic carbocycles. The van der Waals surface area contributed by atoms with Crippen LogP contribution in [0.25, 0.3) is 0 Å². The third-order valence-corrected chi connectivity index (χ3v) is 3.87. The zero-order valence-corrected chi connectivity index (χ0v) is 11.1. The van der Waals surface area contributed by atoms with E-state index in [0.29, 0.717) is 0 Å². The first-order chi connectivity index (χ1) is 7.58. The van der Waals surface area contributed by atoms with Crippen molar-refractivity contribution >= 4 is 11.6 Å². The number of piperidine rings is 1. The molecule has 1 fully saturated rings. The van der Waals surface area contributed by atoms with Gasteiger partial charge in [-0.1, -0.05) is 18.5 Å². The van der Waals surface area contributed by atoms with Gasteiger partial charge in [-0.2, -0.15) is 5.10 Å². The molecular formula is C12H20ClN3. The molecule has 0 aromatic carbocycles. The molecule has 90 valence electrons. The van der Waals surface area contributed by atoms with Gasteiger partial charge in [-0.05, 0) is 32.2 Å². The lowest BCUT2D eigenvalue weighted by molar-refractivity contribution is 0.176. The molecule has 0 amide bonds. The second-order valence-corrected chi connectivity index (χ2v) is 5.32. The van der Waals surface area contributed by atoms with Crippen LogP contribution in [-0.2, 0) is 13.6 Å². The molecule has 1 atom stereocenters. The SMILES string of the molecule is Cc1nn(C)c(Cl)c1CN1CCCC(C)C1. The summed E-state index contributed by atoms with van der Waals surface area (Å²) < 4.78 is 1.76. The summed E-state index contributed by atoms with van der Waals surface area (Å²) in [6.45, 7) is 7.68. The van der Waals surface area contributed by atoms with Gasteiger partial charge in [0.1, 0.15) is 5.15 Å². The van der Waals surface area contributed by atoms with Gasteiger partial charge >= 0.3 is 0 Å². The van der Waals surface area contributed by atoms with Crippen LogP contribution in [0.3, 0.4) is 0 Å². The molecule has 0 saturated carbocycles. The van der Waals surface area contributed by atoms with Crippen LogP contribution < -0.4 is 0 Å². The molecule has 1 aromatic heterocycles. The molecule has 1 saturated heterocycles. The highest BCUT2D eigenvalue weighted by atomic mass is 35.5. The Kier molecular flexibility index (Phi) is 3.55. The van der Waals surface area contributed by atoms with Crippen LogP contribution in [0.5, 0.6) is 0 Å². The van der Waals surface area contributed by atoms with Crippen LogP contribution in [0.15, 0.2) is 0 Å². The van der Waals surface area contributed by atoms with Gasteiger partial charge in [0.2, 0.25) is 0 Å². The van der Waals surface area contributed by atoms with Gasteiger partial charge in [0, 0.05) is 25.7 Å². The average molecular weight is 242 g/mol. The van der Waals surface area contributed by atoms with Crippen molar-refractivity contribution in [3.05, 3.63) is 16.4 Å². The number of aromatic nitrogens is 2. The maximum absolute atomic E-state index is 6.24. The largest absolute Gasteiger partial charge is 0.299 e. The van der Waals surface area contributed by atoms with Gasteiger partial charge in [0.05, 0.1) is 5.69 Å². The Morgan fingerprint density at radius 1 is 1.50 bits per heavy atom. The number of halogens is 1. The topological polar surface area (TPSA) is 21.1 Å². The van der Waals surface area contributed by atoms with Crippen molar-refractivity contribution in [3.63, 3.8) is 0 Å². The Balaban J connectivity index is 2.08. The minimum absolute atomic E-state index is 0.788. The van der Waals surface area contributed by atoms with Gasteiger partial charge in [0.15, 0.2) is 0 Å². The Labute approximate surface area is 102 Å². The zero-order chi connectivity index (χ0) is 11.7. The van der Waals surface area contributed by atoms with Crippen molar-refractivity contribution < 1.29 is 0 Å². The molecule has 1 aliphatic rings. The number of nitrogens with zero attached hydrogens (tertiary/aromatic N) is 3. The number of rotatable bonds is 2. The average Bonchev–Trinajstić information content (AvgIpc) is 2.45. The molecular weight excluding hydrogens is 222 g/mol. The third-order valence-electron chi connectivity index (χ3n) is 3.39. The van der Waals surface area contributed by atoms with Crippen molar-refractivity contribution in [2.45, 2.75) is 33.2 Å². The normalized spacial score (nSPS) is 22.6. The summed E-state index contributed by atoms with van der Waals surface area (Å²) in [5, 5.41) is 5.14. The molecule has 2 rings (SSSR count). The van der Waals surface area contributed by atoms with Crippen LogP contribution >= 0.6 is 11.6 Å². The molecule has 1 unspecified atom stereocenters. The van der Waals surface area contributed by atoms with E-state index in [2.05, 4.69) is 16.9 Å². The van der Waals surface area contributed by atoms with Gasteiger partial charge < -0.3 is 0 Å². The van der Waals surface area contributed by atoms with Crippen molar-refractivity contribution in [1.29, 1.82) is 0 Å². The monoisotopic (exact) mass is 241 g/mol. The van der Waals surface area contributed by atoms with E-state index in [1.807, 2.05) is 14.0 Å². The van der Waals surface area contributed by atoms with Crippen molar-refractivity contribution in [2.24, 2.45) is 13.0 Å². The summed E-state index contributed by atoms with van der Waals surface area (Å²) in [5.41, 5.74) is 2.25. The van der Waals surface area contributed by atoms with Crippen molar-refractivity contribution in [3.8, 4) is 0 Å². The van der Waals surface area contributed by atoms with Crippen LogP contribution in [-0.4, -0.2) is 27.8 Å². The fourth-order valence-electron chi connectivity index (χ4n) is 2.51. The summed E-state index contributed by atoms with van der Waals surface area (Å²) in [4.78, 5) is 2.49. The van der Waals surface area contributed by atoms with Gasteiger partial charge in [0.25, 0.3) is 0 Å². The minimum Gasteiger partial charge on any atom is -0.299 e. The number of hydrogen-bond acceptors (Lipinski definition) is 2. The highest BCUT2D eigenvalue weighted by molar-refractivity contribution is 6.30. The fraction of sp³-hybridized carbons (Fsp3) is 0.750. The van der Waals surface area contributed by atoms with Crippen LogP contribution in [0.4, 0.5) is 0 Å². The highest BCUT2D eigenvalue weighted by Crippen LogP contribution is 2.23. The van der Waals surface area contributed by atoms with E-state index in [-0.39, 0.29) is 0 Å². The predicted octanol–water partition coefficient (Wildman–Crippen LogP) is 2.61. The maximum atomic E-state index is 6.24. The Morgan fingerprint density at radius 3 is 2.81 bits per heavy atom. The molecule has 4 heteroatoms.